The van der Waals surface area contributed by atoms with Crippen LogP contribution in [0.25, 0.3) is 0 Å². The number of amides is 1. The van der Waals surface area contributed by atoms with Crippen molar-refractivity contribution in [2.45, 2.75) is 25.5 Å². The van der Waals surface area contributed by atoms with E-state index in [2.05, 4.69) is 6.92 Å². The van der Waals surface area contributed by atoms with Gasteiger partial charge in [-0.1, -0.05) is 19.1 Å². The number of likely N-dealkylation sites (tertiary alicyclic amines) is 1. The third kappa shape index (κ3) is 5.63. The highest BCUT2D eigenvalue weighted by molar-refractivity contribution is 7.89. The predicted molar refractivity (Wildman–Crippen MR) is 90.3 cm³/mol. The van der Waals surface area contributed by atoms with E-state index in [-0.39, 0.29) is 23.8 Å². The summed E-state index contributed by atoms with van der Waals surface area (Å²) < 4.78 is 27.7. The summed E-state index contributed by atoms with van der Waals surface area (Å²) in [6.45, 7) is 3.26. The average molecular weight is 353 g/mol. The van der Waals surface area contributed by atoms with Gasteiger partial charge < -0.3 is 9.64 Å². The number of ether oxygens (including phenoxy) is 1. The molecule has 0 aliphatic carbocycles. The lowest BCUT2D eigenvalue weighted by atomic mass is 9.99. The second kappa shape index (κ2) is 7.79. The zero-order chi connectivity index (χ0) is 17.7. The lowest BCUT2D eigenvalue weighted by Crippen LogP contribution is -2.40. The molecule has 7 heteroatoms. The number of piperidine rings is 1. The van der Waals surface area contributed by atoms with Gasteiger partial charge in [0, 0.05) is 19.3 Å². The van der Waals surface area contributed by atoms with E-state index in [1.54, 1.807) is 23.1 Å². The molecule has 1 aliphatic rings. The van der Waals surface area contributed by atoms with Crippen molar-refractivity contribution < 1.29 is 22.7 Å². The van der Waals surface area contributed by atoms with Crippen molar-refractivity contribution in [3.63, 3.8) is 0 Å². The van der Waals surface area contributed by atoms with Crippen LogP contribution in [0.15, 0.2) is 24.3 Å². The van der Waals surface area contributed by atoms with Gasteiger partial charge in [0.1, 0.15) is 0 Å². The third-order valence-electron chi connectivity index (χ3n) is 4.05. The van der Waals surface area contributed by atoms with Crippen molar-refractivity contribution in [3.8, 4) is 0 Å². The first-order chi connectivity index (χ1) is 11.2. The van der Waals surface area contributed by atoms with Gasteiger partial charge in [-0.15, -0.1) is 0 Å². The van der Waals surface area contributed by atoms with Crippen LogP contribution in [0.5, 0.6) is 0 Å². The Labute approximate surface area is 142 Å². The molecule has 1 saturated heterocycles. The molecule has 1 aromatic rings. The minimum absolute atomic E-state index is 0.140. The molecule has 0 atom stereocenters. The van der Waals surface area contributed by atoms with E-state index in [0.717, 1.165) is 19.1 Å². The molecular weight excluding hydrogens is 330 g/mol. The summed E-state index contributed by atoms with van der Waals surface area (Å²) in [5.41, 5.74) is 0.763. The molecule has 0 radical (unpaired) electrons. The quantitative estimate of drug-likeness (QED) is 0.752. The molecule has 132 valence electrons. The number of benzene rings is 1. The van der Waals surface area contributed by atoms with Gasteiger partial charge in [0.05, 0.1) is 11.3 Å². The number of carbonyl (C=O) groups is 2. The summed E-state index contributed by atoms with van der Waals surface area (Å²) in [5, 5.41) is 0. The molecule has 1 amide bonds. The summed E-state index contributed by atoms with van der Waals surface area (Å²) in [7, 11) is -3.18. The first kappa shape index (κ1) is 18.4. The highest BCUT2D eigenvalue weighted by Gasteiger charge is 2.21. The number of esters is 1. The van der Waals surface area contributed by atoms with E-state index in [0.29, 0.717) is 24.6 Å². The number of hydrogen-bond acceptors (Lipinski definition) is 5. The van der Waals surface area contributed by atoms with E-state index >= 15 is 0 Å². The van der Waals surface area contributed by atoms with Crippen molar-refractivity contribution >= 4 is 21.7 Å². The van der Waals surface area contributed by atoms with Crippen molar-refractivity contribution in [1.82, 2.24) is 4.90 Å². The zero-order valence-corrected chi connectivity index (χ0v) is 14.8. The minimum Gasteiger partial charge on any atom is -0.452 e. The van der Waals surface area contributed by atoms with Crippen LogP contribution in [0.2, 0.25) is 0 Å². The van der Waals surface area contributed by atoms with E-state index in [9.17, 15) is 18.0 Å². The first-order valence-corrected chi connectivity index (χ1v) is 10.0. The SMILES string of the molecule is CC1CCN(C(=O)COC(=O)c2cccc(CS(C)(=O)=O)c2)CC1. The minimum atomic E-state index is -3.18. The van der Waals surface area contributed by atoms with Gasteiger partial charge in [0.25, 0.3) is 5.91 Å². The Morgan fingerprint density at radius 3 is 2.54 bits per heavy atom. The second-order valence-corrected chi connectivity index (χ2v) is 8.55. The molecule has 0 bridgehead atoms. The van der Waals surface area contributed by atoms with E-state index < -0.39 is 15.8 Å². The fourth-order valence-corrected chi connectivity index (χ4v) is 3.44. The van der Waals surface area contributed by atoms with Gasteiger partial charge in [-0.05, 0) is 36.5 Å². The summed E-state index contributed by atoms with van der Waals surface area (Å²) in [4.78, 5) is 25.8. The molecule has 1 aliphatic heterocycles. The Morgan fingerprint density at radius 2 is 1.92 bits per heavy atom. The first-order valence-electron chi connectivity index (χ1n) is 7.96. The second-order valence-electron chi connectivity index (χ2n) is 6.41. The number of carbonyl (C=O) groups excluding carboxylic acids is 2. The van der Waals surface area contributed by atoms with Crippen LogP contribution in [-0.4, -0.2) is 51.1 Å². The summed E-state index contributed by atoms with van der Waals surface area (Å²) >= 11 is 0. The van der Waals surface area contributed by atoms with Crippen LogP contribution in [0.1, 0.15) is 35.7 Å². The molecule has 24 heavy (non-hydrogen) atoms. The van der Waals surface area contributed by atoms with Crippen LogP contribution >= 0.6 is 0 Å². The highest BCUT2D eigenvalue weighted by Crippen LogP contribution is 2.16. The van der Waals surface area contributed by atoms with Gasteiger partial charge in [-0.3, -0.25) is 4.79 Å². The Kier molecular flexibility index (Phi) is 5.99. The summed E-state index contributed by atoms with van der Waals surface area (Å²) in [6, 6.07) is 6.26. The smallest absolute Gasteiger partial charge is 0.338 e. The lowest BCUT2D eigenvalue weighted by molar-refractivity contribution is -0.135. The largest absolute Gasteiger partial charge is 0.452 e. The topological polar surface area (TPSA) is 80.8 Å². The molecule has 0 spiro atoms. The van der Waals surface area contributed by atoms with Gasteiger partial charge in [0.2, 0.25) is 0 Å². The monoisotopic (exact) mass is 353 g/mol. The van der Waals surface area contributed by atoms with E-state index in [1.165, 1.54) is 6.07 Å². The fourth-order valence-electron chi connectivity index (χ4n) is 2.65. The van der Waals surface area contributed by atoms with Crippen LogP contribution in [0.4, 0.5) is 0 Å². The Balaban J connectivity index is 1.90. The Hall–Kier alpha value is -1.89. The van der Waals surface area contributed by atoms with Gasteiger partial charge in [-0.25, -0.2) is 13.2 Å². The molecule has 0 unspecified atom stereocenters. The Bertz CT molecular complexity index is 705. The maximum Gasteiger partial charge on any atom is 0.338 e. The molecule has 0 saturated carbocycles. The van der Waals surface area contributed by atoms with Crippen LogP contribution in [-0.2, 0) is 25.1 Å². The van der Waals surface area contributed by atoms with Gasteiger partial charge in [-0.2, -0.15) is 0 Å². The predicted octanol–water partition coefficient (Wildman–Crippen LogP) is 1.65. The van der Waals surface area contributed by atoms with Gasteiger partial charge in [0.15, 0.2) is 16.4 Å². The van der Waals surface area contributed by atoms with Crippen molar-refractivity contribution in [2.75, 3.05) is 26.0 Å². The number of hydrogen-bond donors (Lipinski definition) is 0. The van der Waals surface area contributed by atoms with Crippen LogP contribution < -0.4 is 0 Å². The van der Waals surface area contributed by atoms with E-state index in [4.69, 9.17) is 4.74 Å². The molecule has 0 N–H and O–H groups in total. The Morgan fingerprint density at radius 1 is 1.25 bits per heavy atom. The van der Waals surface area contributed by atoms with Crippen molar-refractivity contribution in [2.24, 2.45) is 5.92 Å². The van der Waals surface area contributed by atoms with Crippen molar-refractivity contribution in [1.29, 1.82) is 0 Å². The van der Waals surface area contributed by atoms with Gasteiger partial charge >= 0.3 is 5.97 Å². The number of rotatable bonds is 5. The molecule has 1 aromatic carbocycles. The van der Waals surface area contributed by atoms with E-state index in [1.807, 2.05) is 0 Å². The third-order valence-corrected chi connectivity index (χ3v) is 4.91. The standard InChI is InChI=1S/C17H23NO5S/c1-13-6-8-18(9-7-13)16(19)11-23-17(20)15-5-3-4-14(10-15)12-24(2,21)22/h3-5,10,13H,6-9,11-12H2,1-2H3. The average Bonchev–Trinajstić information content (AvgIpc) is 2.51. The molecule has 1 heterocycles. The maximum absolute atomic E-state index is 12.1. The lowest BCUT2D eigenvalue weighted by Gasteiger charge is -2.30. The molecule has 2 rings (SSSR count). The molecule has 6 nitrogen and oxygen atoms in total. The van der Waals surface area contributed by atoms with Crippen LogP contribution in [0, 0.1) is 5.92 Å². The zero-order valence-electron chi connectivity index (χ0n) is 14.0. The molecular formula is C17H23NO5S. The number of sulfone groups is 1. The normalized spacial score (nSPS) is 16.0. The summed E-state index contributed by atoms with van der Waals surface area (Å²) in [5.74, 6) is -0.334. The fraction of sp³-hybridized carbons (Fsp3) is 0.529. The highest BCUT2D eigenvalue weighted by atomic mass is 32.2. The van der Waals surface area contributed by atoms with Crippen LogP contribution in [0.3, 0.4) is 0 Å². The molecule has 0 aromatic heterocycles. The molecule has 1 fully saturated rings. The summed E-state index contributed by atoms with van der Waals surface area (Å²) in [6.07, 6.45) is 3.07. The maximum atomic E-state index is 12.1. The number of nitrogens with zero attached hydrogens (tertiary/aromatic N) is 1. The van der Waals surface area contributed by atoms with Crippen molar-refractivity contribution in [3.05, 3.63) is 35.4 Å².